The second-order valence-electron chi connectivity index (χ2n) is 16.7. The second kappa shape index (κ2) is 20.4. The molecule has 11 nitrogen and oxygen atoms in total. The standard InChI is InChI=1S/C49H61FN2O9/c1-5-25-58-49-44(52(48(55)56-4)31-34-16-18-36(50)19-17-34)30-42(51-61-45-14-8-11-26-57-45)40-28-35(12-6-9-23-53)39(13-7-10-24-54)46(47(40)49)41-29-38(21-22-43(41)60-49)59-37-20-15-32(2)33(3)27-37/h5,15-22,27-29,35,39,44-47,53-54H,1,6-14,23-26,30-31H2,2-4H3/t35-,39+,44-,45?,46+,47+,49+/m0/s1. The number of rotatable bonds is 18. The number of hydrogen-bond acceptors (Lipinski definition) is 10. The van der Waals surface area contributed by atoms with E-state index in [-0.39, 0.29) is 56.4 Å². The number of carbonyl (C=O) groups excluding carboxylic acids is 1. The molecule has 3 aromatic rings. The Kier molecular flexibility index (Phi) is 14.8. The van der Waals surface area contributed by atoms with Crippen LogP contribution in [0, 0.1) is 37.4 Å². The van der Waals surface area contributed by atoms with Crippen molar-refractivity contribution in [3.05, 3.63) is 113 Å². The molecule has 328 valence electrons. The number of allylic oxidation sites excluding steroid dienone is 1. The van der Waals surface area contributed by atoms with Crippen molar-refractivity contribution >= 4 is 11.8 Å². The van der Waals surface area contributed by atoms with Crippen LogP contribution in [0.3, 0.4) is 0 Å². The highest BCUT2D eigenvalue weighted by Crippen LogP contribution is 2.62. The van der Waals surface area contributed by atoms with E-state index in [1.807, 2.05) is 30.3 Å². The van der Waals surface area contributed by atoms with E-state index in [2.05, 4.69) is 32.6 Å². The molecule has 1 saturated carbocycles. The lowest BCUT2D eigenvalue weighted by Crippen LogP contribution is -2.70. The predicted octanol–water partition coefficient (Wildman–Crippen LogP) is 9.66. The largest absolute Gasteiger partial charge is 0.459 e. The van der Waals surface area contributed by atoms with Gasteiger partial charge in [0.15, 0.2) is 0 Å². The lowest BCUT2D eigenvalue weighted by molar-refractivity contribution is -0.256. The number of nitrogens with zero attached hydrogens (tertiary/aromatic N) is 2. The van der Waals surface area contributed by atoms with Gasteiger partial charge in [0.25, 0.3) is 0 Å². The van der Waals surface area contributed by atoms with Crippen LogP contribution in [0.25, 0.3) is 0 Å². The maximum atomic E-state index is 14.2. The number of unbranched alkanes of at least 4 members (excludes halogenated alkanes) is 2. The third-order valence-corrected chi connectivity index (χ3v) is 12.8. The Morgan fingerprint density at radius 2 is 1.74 bits per heavy atom. The van der Waals surface area contributed by atoms with Gasteiger partial charge in [0, 0.05) is 44.1 Å². The number of carbonyl (C=O) groups is 1. The van der Waals surface area contributed by atoms with Gasteiger partial charge in [-0.25, -0.2) is 9.18 Å². The first-order valence-corrected chi connectivity index (χ1v) is 21.9. The van der Waals surface area contributed by atoms with Gasteiger partial charge >= 0.3 is 6.09 Å². The van der Waals surface area contributed by atoms with E-state index in [1.54, 1.807) is 23.1 Å². The van der Waals surface area contributed by atoms with E-state index in [9.17, 15) is 19.4 Å². The smallest absolute Gasteiger partial charge is 0.410 e. The highest BCUT2D eigenvalue weighted by molar-refractivity contribution is 6.03. The zero-order chi connectivity index (χ0) is 42.9. The van der Waals surface area contributed by atoms with Gasteiger partial charge in [-0.15, -0.1) is 6.58 Å². The van der Waals surface area contributed by atoms with Crippen LogP contribution in [0.1, 0.15) is 92.4 Å². The molecule has 1 amide bonds. The fourth-order valence-electron chi connectivity index (χ4n) is 9.75. The Hall–Kier alpha value is -4.75. The summed E-state index contributed by atoms with van der Waals surface area (Å²) in [6.07, 6.45) is 10.1. The number of aryl methyl sites for hydroxylation is 2. The first-order chi connectivity index (χ1) is 29.7. The normalized spacial score (nSPS) is 26.0. The average Bonchev–Trinajstić information content (AvgIpc) is 3.27. The van der Waals surface area contributed by atoms with Crippen LogP contribution in [-0.4, -0.2) is 78.6 Å². The summed E-state index contributed by atoms with van der Waals surface area (Å²) in [6, 6.07) is 17.2. The second-order valence-corrected chi connectivity index (χ2v) is 16.7. The zero-order valence-electron chi connectivity index (χ0n) is 35.7. The SMILES string of the molecule is C=CCO[C@@]12Oc3ccc(Oc4ccc(C)c(C)c4)cc3[C@H]3[C@H](CCCCO)[C@@H](CCCCO)C=C(C(=NOC4CCCCO4)C[C@@H]1N(Cc1ccc(F)cc1)C(=O)OC)[C@H]32. The Labute approximate surface area is 359 Å². The van der Waals surface area contributed by atoms with E-state index in [0.717, 1.165) is 61.0 Å². The van der Waals surface area contributed by atoms with Crippen LogP contribution in [0.15, 0.2) is 90.1 Å². The predicted molar refractivity (Wildman–Crippen MR) is 230 cm³/mol. The molecule has 7 atom stereocenters. The molecule has 61 heavy (non-hydrogen) atoms. The van der Waals surface area contributed by atoms with E-state index in [0.29, 0.717) is 48.6 Å². The summed E-state index contributed by atoms with van der Waals surface area (Å²) < 4.78 is 46.6. The van der Waals surface area contributed by atoms with Crippen LogP contribution in [0.2, 0.25) is 0 Å². The van der Waals surface area contributed by atoms with E-state index in [4.69, 9.17) is 33.7 Å². The van der Waals surface area contributed by atoms with Crippen LogP contribution in [-0.2, 0) is 25.6 Å². The molecule has 12 heteroatoms. The summed E-state index contributed by atoms with van der Waals surface area (Å²) in [7, 11) is 1.34. The quantitative estimate of drug-likeness (QED) is 0.0731. The van der Waals surface area contributed by atoms with Crippen molar-refractivity contribution in [1.82, 2.24) is 4.90 Å². The summed E-state index contributed by atoms with van der Waals surface area (Å²) in [5.41, 5.74) is 5.48. The molecule has 1 saturated heterocycles. The number of benzene rings is 3. The third kappa shape index (κ3) is 9.83. The Bertz CT molecular complexity index is 2030. The molecule has 2 aliphatic carbocycles. The maximum Gasteiger partial charge on any atom is 0.410 e. The average molecular weight is 841 g/mol. The van der Waals surface area contributed by atoms with Gasteiger partial charge in [0.1, 0.15) is 29.1 Å². The van der Waals surface area contributed by atoms with Crippen molar-refractivity contribution in [3.63, 3.8) is 0 Å². The molecule has 2 N–H and O–H groups in total. The molecular formula is C49H61FN2O9. The van der Waals surface area contributed by atoms with Crippen molar-refractivity contribution in [2.45, 2.75) is 109 Å². The van der Waals surface area contributed by atoms with Gasteiger partial charge in [0.05, 0.1) is 32.0 Å². The topological polar surface area (TPSA) is 129 Å². The van der Waals surface area contributed by atoms with Gasteiger partial charge in [0.2, 0.25) is 12.1 Å². The molecule has 0 spiro atoms. The van der Waals surface area contributed by atoms with E-state index < -0.39 is 30.1 Å². The summed E-state index contributed by atoms with van der Waals surface area (Å²) in [5, 5.41) is 24.8. The minimum absolute atomic E-state index is 0.0245. The number of methoxy groups -OCH3 is 1. The first-order valence-electron chi connectivity index (χ1n) is 21.9. The van der Waals surface area contributed by atoms with Crippen LogP contribution in [0.5, 0.6) is 17.2 Å². The number of aliphatic hydroxyl groups excluding tert-OH is 2. The highest BCUT2D eigenvalue weighted by atomic mass is 19.1. The van der Waals surface area contributed by atoms with E-state index in [1.165, 1.54) is 24.8 Å². The van der Waals surface area contributed by atoms with Crippen molar-refractivity contribution in [3.8, 4) is 17.2 Å². The number of oxime groups is 1. The lowest BCUT2D eigenvalue weighted by Gasteiger charge is -2.59. The summed E-state index contributed by atoms with van der Waals surface area (Å²) in [5.74, 6) is -0.608. The van der Waals surface area contributed by atoms with Crippen LogP contribution in [0.4, 0.5) is 9.18 Å². The van der Waals surface area contributed by atoms with Gasteiger partial charge in [-0.3, -0.25) is 4.90 Å². The lowest BCUT2D eigenvalue weighted by atomic mass is 9.55. The molecule has 4 aliphatic rings. The molecule has 2 fully saturated rings. The molecule has 7 rings (SSSR count). The number of halogens is 1. The summed E-state index contributed by atoms with van der Waals surface area (Å²) >= 11 is 0. The highest BCUT2D eigenvalue weighted by Gasteiger charge is 2.65. The van der Waals surface area contributed by atoms with Crippen molar-refractivity contribution < 1.29 is 47.9 Å². The first kappa shape index (κ1) is 44.3. The summed E-state index contributed by atoms with van der Waals surface area (Å²) in [6.45, 7) is 9.08. The molecule has 2 aliphatic heterocycles. The molecule has 0 radical (unpaired) electrons. The number of ether oxygens (including phenoxy) is 5. The number of hydrogen-bond donors (Lipinski definition) is 2. The van der Waals surface area contributed by atoms with Crippen LogP contribution < -0.4 is 9.47 Å². The number of fused-ring (bicyclic) bond motifs is 2. The Morgan fingerprint density at radius 3 is 2.44 bits per heavy atom. The monoisotopic (exact) mass is 840 g/mol. The zero-order valence-corrected chi connectivity index (χ0v) is 35.7. The number of amides is 1. The maximum absolute atomic E-state index is 14.2. The fourth-order valence-corrected chi connectivity index (χ4v) is 9.75. The summed E-state index contributed by atoms with van der Waals surface area (Å²) in [4.78, 5) is 22.1. The Morgan fingerprint density at radius 1 is 0.984 bits per heavy atom. The van der Waals surface area contributed by atoms with E-state index >= 15 is 0 Å². The molecule has 2 heterocycles. The third-order valence-electron chi connectivity index (χ3n) is 12.8. The van der Waals surface area contributed by atoms with Gasteiger partial charge in [-0.05, 0) is 129 Å². The van der Waals surface area contributed by atoms with Gasteiger partial charge in [-0.2, -0.15) is 0 Å². The molecule has 3 aromatic carbocycles. The molecule has 1 unspecified atom stereocenters. The molecule has 0 aromatic heterocycles. The minimum atomic E-state index is -1.49. The Balaban J connectivity index is 1.45. The van der Waals surface area contributed by atoms with Crippen molar-refractivity contribution in [1.29, 1.82) is 0 Å². The van der Waals surface area contributed by atoms with Gasteiger partial charge < -0.3 is 38.7 Å². The number of aliphatic hydroxyl groups is 2. The van der Waals surface area contributed by atoms with Crippen molar-refractivity contribution in [2.75, 3.05) is 33.5 Å². The minimum Gasteiger partial charge on any atom is -0.459 e. The van der Waals surface area contributed by atoms with Crippen LogP contribution >= 0.6 is 0 Å². The van der Waals surface area contributed by atoms with Crippen molar-refractivity contribution in [2.24, 2.45) is 22.9 Å². The fraction of sp³-hybridized carbons (Fsp3) is 0.510. The molecule has 0 bridgehead atoms. The molecular weight excluding hydrogens is 780 g/mol. The van der Waals surface area contributed by atoms with Gasteiger partial charge in [-0.1, -0.05) is 48.3 Å².